The summed E-state index contributed by atoms with van der Waals surface area (Å²) in [5, 5.41) is 9.90. The van der Waals surface area contributed by atoms with Crippen molar-refractivity contribution in [1.29, 1.82) is 0 Å². The van der Waals surface area contributed by atoms with Crippen molar-refractivity contribution in [2.24, 2.45) is 0 Å². The minimum Gasteiger partial charge on any atom is -0.379 e. The van der Waals surface area contributed by atoms with Gasteiger partial charge in [0.2, 0.25) is 0 Å². The van der Waals surface area contributed by atoms with E-state index in [9.17, 15) is 0 Å². The Morgan fingerprint density at radius 2 is 0.722 bits per heavy atom. The second kappa shape index (κ2) is 13.2. The lowest BCUT2D eigenvalue weighted by atomic mass is 10.5. The van der Waals surface area contributed by atoms with Crippen LogP contribution in [-0.4, -0.2) is 78.9 Å². The minimum absolute atomic E-state index is 0.666. The van der Waals surface area contributed by atoms with Crippen molar-refractivity contribution in [3.8, 4) is 0 Å². The number of hydrogen-bond donors (Lipinski definition) is 3. The van der Waals surface area contributed by atoms with Gasteiger partial charge >= 0.3 is 0 Å². The molecule has 1 aliphatic heterocycles. The molecule has 1 heterocycles. The zero-order valence-electron chi connectivity index (χ0n) is 11.2. The molecule has 0 unspecified atom stereocenters. The highest BCUT2D eigenvalue weighted by Gasteiger charge is 1.94. The molecule has 0 amide bonds. The standard InChI is InChI=1S/C12H27N3O3/c1-2-14-4-9-17-11-12-18-10-6-15-5-8-16-7-3-13-1/h13-15H,1-12H2. The maximum atomic E-state index is 5.47. The first-order valence-electron chi connectivity index (χ1n) is 6.85. The topological polar surface area (TPSA) is 63.8 Å². The summed E-state index contributed by atoms with van der Waals surface area (Å²) in [7, 11) is 0. The van der Waals surface area contributed by atoms with Gasteiger partial charge in [-0.15, -0.1) is 0 Å². The van der Waals surface area contributed by atoms with Crippen molar-refractivity contribution in [2.75, 3.05) is 78.9 Å². The second-order valence-corrected chi connectivity index (χ2v) is 4.09. The number of ether oxygens (including phenoxy) is 3. The average molecular weight is 261 g/mol. The predicted molar refractivity (Wildman–Crippen MR) is 71.1 cm³/mol. The van der Waals surface area contributed by atoms with Gasteiger partial charge in [-0.3, -0.25) is 0 Å². The van der Waals surface area contributed by atoms with E-state index < -0.39 is 0 Å². The van der Waals surface area contributed by atoms with E-state index in [0.717, 1.165) is 65.7 Å². The third kappa shape index (κ3) is 10.9. The van der Waals surface area contributed by atoms with Crippen LogP contribution < -0.4 is 16.0 Å². The lowest BCUT2D eigenvalue weighted by molar-refractivity contribution is 0.0490. The fourth-order valence-electron chi connectivity index (χ4n) is 1.55. The van der Waals surface area contributed by atoms with Crippen molar-refractivity contribution in [1.82, 2.24) is 16.0 Å². The van der Waals surface area contributed by atoms with Gasteiger partial charge in [-0.2, -0.15) is 0 Å². The van der Waals surface area contributed by atoms with E-state index >= 15 is 0 Å². The summed E-state index contributed by atoms with van der Waals surface area (Å²) in [6, 6.07) is 0. The van der Waals surface area contributed by atoms with Crippen molar-refractivity contribution in [3.63, 3.8) is 0 Å². The Morgan fingerprint density at radius 1 is 0.389 bits per heavy atom. The molecule has 0 aromatic carbocycles. The van der Waals surface area contributed by atoms with Gasteiger partial charge in [0, 0.05) is 39.3 Å². The van der Waals surface area contributed by atoms with Crippen LogP contribution in [0.5, 0.6) is 0 Å². The first kappa shape index (κ1) is 15.8. The SMILES string of the molecule is C1CNCCOCCOCCNCCOCCN1. The largest absolute Gasteiger partial charge is 0.379 e. The maximum Gasteiger partial charge on any atom is 0.0701 e. The van der Waals surface area contributed by atoms with Crippen LogP contribution in [0.15, 0.2) is 0 Å². The van der Waals surface area contributed by atoms with Crippen LogP contribution in [0.3, 0.4) is 0 Å². The number of rotatable bonds is 0. The molecule has 1 fully saturated rings. The Balaban J connectivity index is 2.00. The highest BCUT2D eigenvalue weighted by atomic mass is 16.5. The van der Waals surface area contributed by atoms with Gasteiger partial charge in [0.25, 0.3) is 0 Å². The van der Waals surface area contributed by atoms with Crippen LogP contribution in [0.4, 0.5) is 0 Å². The van der Waals surface area contributed by atoms with E-state index in [1.54, 1.807) is 0 Å². The Hall–Kier alpha value is -0.240. The highest BCUT2D eigenvalue weighted by Crippen LogP contribution is 1.79. The lowest BCUT2D eigenvalue weighted by Crippen LogP contribution is -2.32. The van der Waals surface area contributed by atoms with Gasteiger partial charge in [0.1, 0.15) is 0 Å². The van der Waals surface area contributed by atoms with Gasteiger partial charge in [-0.05, 0) is 0 Å². The monoisotopic (exact) mass is 261 g/mol. The average Bonchev–Trinajstić information content (AvgIpc) is 2.39. The highest BCUT2D eigenvalue weighted by molar-refractivity contribution is 4.52. The van der Waals surface area contributed by atoms with Gasteiger partial charge in [0.15, 0.2) is 0 Å². The van der Waals surface area contributed by atoms with E-state index in [-0.39, 0.29) is 0 Å². The fraction of sp³-hybridized carbons (Fsp3) is 1.00. The predicted octanol–water partition coefficient (Wildman–Crippen LogP) is -1.18. The molecule has 0 aromatic heterocycles. The molecular weight excluding hydrogens is 234 g/mol. The Morgan fingerprint density at radius 3 is 1.17 bits per heavy atom. The summed E-state index contributed by atoms with van der Waals surface area (Å²) < 4.78 is 16.3. The van der Waals surface area contributed by atoms with E-state index in [1.165, 1.54) is 0 Å². The van der Waals surface area contributed by atoms with Crippen LogP contribution in [0.25, 0.3) is 0 Å². The number of hydrogen-bond acceptors (Lipinski definition) is 6. The van der Waals surface area contributed by atoms with Crippen LogP contribution in [0.2, 0.25) is 0 Å². The summed E-state index contributed by atoms with van der Waals surface area (Å²) in [6.07, 6.45) is 0. The van der Waals surface area contributed by atoms with Crippen molar-refractivity contribution < 1.29 is 14.2 Å². The van der Waals surface area contributed by atoms with Crippen molar-refractivity contribution in [2.45, 2.75) is 0 Å². The Labute approximate surface area is 110 Å². The molecule has 0 radical (unpaired) electrons. The van der Waals surface area contributed by atoms with Gasteiger partial charge in [-0.25, -0.2) is 0 Å². The maximum absolute atomic E-state index is 5.47. The first-order chi connectivity index (χ1) is 9.00. The fourth-order valence-corrected chi connectivity index (χ4v) is 1.55. The van der Waals surface area contributed by atoms with Gasteiger partial charge in [-0.1, -0.05) is 0 Å². The lowest BCUT2D eigenvalue weighted by Gasteiger charge is -2.10. The third-order valence-electron chi connectivity index (χ3n) is 2.54. The molecule has 0 spiro atoms. The molecule has 18 heavy (non-hydrogen) atoms. The van der Waals surface area contributed by atoms with E-state index in [0.29, 0.717) is 13.2 Å². The zero-order chi connectivity index (χ0) is 12.7. The molecule has 1 rings (SSSR count). The molecule has 0 atom stereocenters. The van der Waals surface area contributed by atoms with Crippen molar-refractivity contribution >= 4 is 0 Å². The molecular formula is C12H27N3O3. The Bertz CT molecular complexity index is 97.6. The summed E-state index contributed by atoms with van der Waals surface area (Å²) in [5.41, 5.74) is 0. The molecule has 6 nitrogen and oxygen atoms in total. The summed E-state index contributed by atoms with van der Waals surface area (Å²) in [6.45, 7) is 9.78. The molecule has 0 aromatic rings. The molecule has 3 N–H and O–H groups in total. The first-order valence-corrected chi connectivity index (χ1v) is 6.85. The van der Waals surface area contributed by atoms with E-state index in [4.69, 9.17) is 14.2 Å². The molecule has 1 aliphatic rings. The summed E-state index contributed by atoms with van der Waals surface area (Å²) in [4.78, 5) is 0. The van der Waals surface area contributed by atoms with Gasteiger partial charge in [0.05, 0.1) is 39.6 Å². The van der Waals surface area contributed by atoms with E-state index in [2.05, 4.69) is 16.0 Å². The molecule has 1 saturated heterocycles. The Kier molecular flexibility index (Phi) is 11.6. The smallest absolute Gasteiger partial charge is 0.0701 e. The van der Waals surface area contributed by atoms with Crippen LogP contribution >= 0.6 is 0 Å². The molecule has 0 aliphatic carbocycles. The number of nitrogens with one attached hydrogen (secondary N) is 3. The molecule has 0 bridgehead atoms. The normalized spacial score (nSPS) is 24.0. The molecule has 108 valence electrons. The third-order valence-corrected chi connectivity index (χ3v) is 2.54. The zero-order valence-corrected chi connectivity index (χ0v) is 11.2. The second-order valence-electron chi connectivity index (χ2n) is 4.09. The van der Waals surface area contributed by atoms with Crippen LogP contribution in [0, 0.1) is 0 Å². The molecule has 0 saturated carbocycles. The summed E-state index contributed by atoms with van der Waals surface area (Å²) in [5.74, 6) is 0. The van der Waals surface area contributed by atoms with Crippen LogP contribution in [0.1, 0.15) is 0 Å². The van der Waals surface area contributed by atoms with Crippen molar-refractivity contribution in [3.05, 3.63) is 0 Å². The van der Waals surface area contributed by atoms with Gasteiger partial charge < -0.3 is 30.2 Å². The molecule has 6 heteroatoms. The minimum atomic E-state index is 0.666. The quantitative estimate of drug-likeness (QED) is 0.510. The van der Waals surface area contributed by atoms with E-state index in [1.807, 2.05) is 0 Å². The summed E-state index contributed by atoms with van der Waals surface area (Å²) >= 11 is 0. The van der Waals surface area contributed by atoms with Crippen LogP contribution in [-0.2, 0) is 14.2 Å².